The summed E-state index contributed by atoms with van der Waals surface area (Å²) in [5, 5.41) is 12.4. The number of aryl methyl sites for hydroxylation is 1. The Morgan fingerprint density at radius 1 is 1.67 bits per heavy atom. The number of aromatic carboxylic acids is 1. The van der Waals surface area contributed by atoms with Gasteiger partial charge in [0.05, 0.1) is 6.10 Å². The maximum Gasteiger partial charge on any atom is 0.345 e. The van der Waals surface area contributed by atoms with Gasteiger partial charge >= 0.3 is 5.97 Å². The minimum Gasteiger partial charge on any atom is -0.477 e. The van der Waals surface area contributed by atoms with Gasteiger partial charge in [-0.05, 0) is 38.3 Å². The minimum atomic E-state index is -0.839. The zero-order valence-corrected chi connectivity index (χ0v) is 11.5. The van der Waals surface area contributed by atoms with Gasteiger partial charge in [0.2, 0.25) is 0 Å². The normalized spacial score (nSPS) is 24.1. The molecule has 0 spiro atoms. The van der Waals surface area contributed by atoms with Crippen LogP contribution in [0, 0.1) is 6.92 Å². The molecule has 0 radical (unpaired) electrons. The summed E-state index contributed by atoms with van der Waals surface area (Å²) in [6, 6.07) is 2.25. The monoisotopic (exact) mass is 269 g/mol. The van der Waals surface area contributed by atoms with Crippen molar-refractivity contribution in [3.8, 4) is 0 Å². The second kappa shape index (κ2) is 5.82. The third-order valence-corrected chi connectivity index (χ3v) is 4.38. The quantitative estimate of drug-likeness (QED) is 0.881. The Morgan fingerprint density at radius 3 is 3.06 bits per heavy atom. The first-order chi connectivity index (χ1) is 8.56. The molecule has 0 aliphatic carbocycles. The second-order valence-electron chi connectivity index (χ2n) is 4.78. The van der Waals surface area contributed by atoms with Crippen molar-refractivity contribution in [3.05, 3.63) is 21.4 Å². The molecule has 2 N–H and O–H groups in total. The molecule has 0 aromatic carbocycles. The zero-order valence-electron chi connectivity index (χ0n) is 10.7. The molecule has 5 heteroatoms. The van der Waals surface area contributed by atoms with E-state index in [2.05, 4.69) is 12.2 Å². The fourth-order valence-electron chi connectivity index (χ4n) is 2.24. The molecule has 1 fully saturated rings. The van der Waals surface area contributed by atoms with Crippen LogP contribution in [0.15, 0.2) is 6.07 Å². The molecule has 18 heavy (non-hydrogen) atoms. The third-order valence-electron chi connectivity index (χ3n) is 3.30. The van der Waals surface area contributed by atoms with Gasteiger partial charge in [0, 0.05) is 24.1 Å². The van der Waals surface area contributed by atoms with Crippen molar-refractivity contribution < 1.29 is 14.6 Å². The van der Waals surface area contributed by atoms with Crippen LogP contribution in [-0.2, 0) is 11.3 Å². The van der Waals surface area contributed by atoms with Gasteiger partial charge in [0.1, 0.15) is 4.88 Å². The molecule has 4 nitrogen and oxygen atoms in total. The van der Waals surface area contributed by atoms with Gasteiger partial charge in [-0.25, -0.2) is 4.79 Å². The number of thiophene rings is 1. The number of carboxylic acid groups (broad SMARTS) is 1. The summed E-state index contributed by atoms with van der Waals surface area (Å²) in [7, 11) is 0. The maximum atomic E-state index is 10.9. The Hall–Kier alpha value is -0.910. The smallest absolute Gasteiger partial charge is 0.345 e. The number of carbonyl (C=O) groups is 1. The Morgan fingerprint density at radius 2 is 2.44 bits per heavy atom. The Balaban J connectivity index is 1.91. The van der Waals surface area contributed by atoms with E-state index in [0.717, 1.165) is 36.4 Å². The molecule has 2 rings (SSSR count). The summed E-state index contributed by atoms with van der Waals surface area (Å²) in [5.74, 6) is -0.839. The van der Waals surface area contributed by atoms with E-state index < -0.39 is 5.97 Å². The van der Waals surface area contributed by atoms with E-state index in [1.165, 1.54) is 11.3 Å². The highest BCUT2D eigenvalue weighted by molar-refractivity contribution is 7.14. The van der Waals surface area contributed by atoms with Crippen molar-refractivity contribution in [2.75, 3.05) is 6.61 Å². The first-order valence-corrected chi connectivity index (χ1v) is 7.05. The maximum absolute atomic E-state index is 10.9. The van der Waals surface area contributed by atoms with Crippen molar-refractivity contribution in [2.24, 2.45) is 0 Å². The lowest BCUT2D eigenvalue weighted by molar-refractivity contribution is 0.0130. The first kappa shape index (κ1) is 13.5. The predicted octanol–water partition coefficient (Wildman–Crippen LogP) is 2.41. The third kappa shape index (κ3) is 3.31. The number of nitrogens with one attached hydrogen (secondary N) is 1. The highest BCUT2D eigenvalue weighted by atomic mass is 32.1. The van der Waals surface area contributed by atoms with Crippen molar-refractivity contribution in [2.45, 2.75) is 45.4 Å². The van der Waals surface area contributed by atoms with Crippen molar-refractivity contribution >= 4 is 17.3 Å². The first-order valence-electron chi connectivity index (χ1n) is 6.24. The van der Waals surface area contributed by atoms with Crippen LogP contribution in [0.4, 0.5) is 0 Å². The van der Waals surface area contributed by atoms with Gasteiger partial charge < -0.3 is 15.2 Å². The number of carboxylic acids is 1. The molecule has 0 saturated carbocycles. The second-order valence-corrected chi connectivity index (χ2v) is 6.04. The van der Waals surface area contributed by atoms with Crippen LogP contribution in [-0.4, -0.2) is 29.8 Å². The molecule has 2 unspecified atom stereocenters. The van der Waals surface area contributed by atoms with Crippen LogP contribution < -0.4 is 5.32 Å². The van der Waals surface area contributed by atoms with Gasteiger partial charge in [-0.15, -0.1) is 11.3 Å². The van der Waals surface area contributed by atoms with Gasteiger partial charge in [-0.3, -0.25) is 0 Å². The zero-order chi connectivity index (χ0) is 13.1. The summed E-state index contributed by atoms with van der Waals surface area (Å²) in [6.45, 7) is 5.61. The largest absolute Gasteiger partial charge is 0.477 e. The molecule has 2 atom stereocenters. The minimum absolute atomic E-state index is 0.314. The van der Waals surface area contributed by atoms with Crippen LogP contribution >= 0.6 is 11.3 Å². The van der Waals surface area contributed by atoms with E-state index in [1.54, 1.807) is 6.07 Å². The van der Waals surface area contributed by atoms with Gasteiger partial charge in [-0.2, -0.15) is 0 Å². The van der Waals surface area contributed by atoms with Crippen LogP contribution in [0.25, 0.3) is 0 Å². The Bertz CT molecular complexity index is 430. The van der Waals surface area contributed by atoms with Crippen LogP contribution in [0.2, 0.25) is 0 Å². The average molecular weight is 269 g/mol. The molecular weight excluding hydrogens is 250 g/mol. The van der Waals surface area contributed by atoms with Gasteiger partial charge in [0.25, 0.3) is 0 Å². The summed E-state index contributed by atoms with van der Waals surface area (Å²) in [5.41, 5.74) is 1.09. The lowest BCUT2D eigenvalue weighted by Gasteiger charge is -2.28. The molecule has 1 aromatic rings. The van der Waals surface area contributed by atoms with E-state index in [1.807, 2.05) is 6.92 Å². The molecular formula is C13H19NO3S. The van der Waals surface area contributed by atoms with E-state index in [0.29, 0.717) is 17.0 Å². The molecule has 1 aliphatic heterocycles. The molecule has 1 saturated heterocycles. The van der Waals surface area contributed by atoms with Crippen LogP contribution in [0.5, 0.6) is 0 Å². The van der Waals surface area contributed by atoms with E-state index in [9.17, 15) is 4.79 Å². The fourth-order valence-corrected chi connectivity index (χ4v) is 3.12. The summed E-state index contributed by atoms with van der Waals surface area (Å²) < 4.78 is 5.50. The predicted molar refractivity (Wildman–Crippen MR) is 71.3 cm³/mol. The Labute approximate surface area is 111 Å². The standard InChI is InChI=1S/C13H19NO3S/c1-8-5-11(3-4-17-8)14-7-10-6-12(13(15)16)18-9(10)2/h6,8,11,14H,3-5,7H2,1-2H3,(H,15,16). The van der Waals surface area contributed by atoms with Crippen LogP contribution in [0.1, 0.15) is 39.9 Å². The average Bonchev–Trinajstić information content (AvgIpc) is 2.68. The molecule has 1 aliphatic rings. The highest BCUT2D eigenvalue weighted by Crippen LogP contribution is 2.22. The van der Waals surface area contributed by atoms with Crippen LogP contribution in [0.3, 0.4) is 0 Å². The lowest BCUT2D eigenvalue weighted by atomic mass is 10.0. The van der Waals surface area contributed by atoms with E-state index in [-0.39, 0.29) is 0 Å². The van der Waals surface area contributed by atoms with Crippen molar-refractivity contribution in [1.82, 2.24) is 5.32 Å². The van der Waals surface area contributed by atoms with Crippen molar-refractivity contribution in [1.29, 1.82) is 0 Å². The fraction of sp³-hybridized carbons (Fsp3) is 0.615. The summed E-state index contributed by atoms with van der Waals surface area (Å²) >= 11 is 1.35. The molecule has 0 bridgehead atoms. The number of hydrogen-bond acceptors (Lipinski definition) is 4. The molecule has 100 valence electrons. The highest BCUT2D eigenvalue weighted by Gasteiger charge is 2.19. The number of ether oxygens (including phenoxy) is 1. The Kier molecular flexibility index (Phi) is 4.37. The topological polar surface area (TPSA) is 58.6 Å². The van der Waals surface area contributed by atoms with E-state index >= 15 is 0 Å². The molecule has 2 heterocycles. The number of rotatable bonds is 4. The summed E-state index contributed by atoms with van der Waals surface area (Å²) in [6.07, 6.45) is 2.36. The summed E-state index contributed by atoms with van der Waals surface area (Å²) in [4.78, 5) is 12.4. The molecule has 0 amide bonds. The number of hydrogen-bond donors (Lipinski definition) is 2. The van der Waals surface area contributed by atoms with Crippen molar-refractivity contribution in [3.63, 3.8) is 0 Å². The SMILES string of the molecule is Cc1sc(C(=O)O)cc1CNC1CCOC(C)C1. The lowest BCUT2D eigenvalue weighted by Crippen LogP contribution is -2.37. The van der Waals surface area contributed by atoms with Gasteiger partial charge in [0.15, 0.2) is 0 Å². The molecule has 1 aromatic heterocycles. The van der Waals surface area contributed by atoms with E-state index in [4.69, 9.17) is 9.84 Å². The van der Waals surface area contributed by atoms with Gasteiger partial charge in [-0.1, -0.05) is 0 Å².